The highest BCUT2D eigenvalue weighted by Gasteiger charge is 2.40. The van der Waals surface area contributed by atoms with E-state index in [1.54, 1.807) is 0 Å². The molecule has 3 saturated heterocycles. The molecule has 0 saturated carbocycles. The minimum atomic E-state index is 0.343. The third-order valence-corrected chi connectivity index (χ3v) is 5.29. The Hall–Kier alpha value is -1.01. The molecule has 0 radical (unpaired) electrons. The summed E-state index contributed by atoms with van der Waals surface area (Å²) < 4.78 is 11.9. The second-order valence-corrected chi connectivity index (χ2v) is 7.07. The fraction of sp³-hybridized carbons (Fsp3) is 0.722. The Labute approximate surface area is 138 Å². The molecule has 1 aromatic rings. The van der Waals surface area contributed by atoms with E-state index in [4.69, 9.17) is 9.47 Å². The first-order valence-electron chi connectivity index (χ1n) is 8.90. The van der Waals surface area contributed by atoms with Crippen molar-refractivity contribution in [2.24, 2.45) is 0 Å². The van der Waals surface area contributed by atoms with Gasteiger partial charge in [0.25, 0.3) is 0 Å². The maximum absolute atomic E-state index is 6.04. The van der Waals surface area contributed by atoms with Gasteiger partial charge in [0.05, 0.1) is 24.5 Å². The summed E-state index contributed by atoms with van der Waals surface area (Å²) in [6, 6.07) is 6.79. The van der Waals surface area contributed by atoms with Crippen LogP contribution in [0.25, 0.3) is 0 Å². The van der Waals surface area contributed by atoms with Crippen molar-refractivity contribution in [2.45, 2.75) is 44.6 Å². The Bertz CT molecular complexity index is 533. The van der Waals surface area contributed by atoms with Gasteiger partial charge in [0.2, 0.25) is 0 Å². The molecule has 0 aromatic carbocycles. The zero-order valence-corrected chi connectivity index (χ0v) is 14.0. The largest absolute Gasteiger partial charge is 0.377 e. The number of aromatic nitrogens is 1. The minimum absolute atomic E-state index is 0.343. The van der Waals surface area contributed by atoms with Gasteiger partial charge in [-0.3, -0.25) is 14.8 Å². The van der Waals surface area contributed by atoms with E-state index in [0.717, 1.165) is 57.3 Å². The second kappa shape index (κ2) is 6.85. The lowest BCUT2D eigenvalue weighted by Gasteiger charge is -2.38. The number of hydrogen-bond acceptors (Lipinski definition) is 5. The zero-order valence-electron chi connectivity index (χ0n) is 14.0. The van der Waals surface area contributed by atoms with Gasteiger partial charge in [-0.05, 0) is 31.9 Å². The molecule has 0 bridgehead atoms. The predicted octanol–water partition coefficient (Wildman–Crippen LogP) is 1.45. The molecular formula is C18H27N3O2. The van der Waals surface area contributed by atoms with Crippen LogP contribution in [0.15, 0.2) is 18.2 Å². The van der Waals surface area contributed by atoms with Crippen LogP contribution in [-0.4, -0.2) is 72.4 Å². The van der Waals surface area contributed by atoms with Crippen LogP contribution in [0.2, 0.25) is 0 Å². The number of ether oxygens (including phenoxy) is 2. The number of morpholine rings is 1. The molecular weight excluding hydrogens is 290 g/mol. The van der Waals surface area contributed by atoms with E-state index in [2.05, 4.69) is 39.9 Å². The van der Waals surface area contributed by atoms with Crippen molar-refractivity contribution in [2.75, 3.05) is 39.4 Å². The number of hydrogen-bond donors (Lipinski definition) is 0. The van der Waals surface area contributed by atoms with Gasteiger partial charge in [0.15, 0.2) is 0 Å². The van der Waals surface area contributed by atoms with E-state index in [-0.39, 0.29) is 0 Å². The number of nitrogens with zero attached hydrogens (tertiary/aromatic N) is 3. The van der Waals surface area contributed by atoms with Gasteiger partial charge in [-0.25, -0.2) is 0 Å². The smallest absolute Gasteiger partial charge is 0.0870 e. The Kier molecular flexibility index (Phi) is 4.62. The van der Waals surface area contributed by atoms with E-state index < -0.39 is 0 Å². The Morgan fingerprint density at radius 3 is 3.00 bits per heavy atom. The Morgan fingerprint density at radius 1 is 1.22 bits per heavy atom. The average molecular weight is 317 g/mol. The molecule has 3 fully saturated rings. The van der Waals surface area contributed by atoms with Crippen LogP contribution in [0.5, 0.6) is 0 Å². The summed E-state index contributed by atoms with van der Waals surface area (Å²) in [6.45, 7) is 8.97. The maximum atomic E-state index is 6.04. The summed E-state index contributed by atoms with van der Waals surface area (Å²) in [5.74, 6) is 0. The topological polar surface area (TPSA) is 37.8 Å². The van der Waals surface area contributed by atoms with Crippen LogP contribution in [0, 0.1) is 6.92 Å². The molecule has 1 unspecified atom stereocenters. The van der Waals surface area contributed by atoms with Crippen molar-refractivity contribution < 1.29 is 9.47 Å². The van der Waals surface area contributed by atoms with Crippen molar-refractivity contribution in [3.05, 3.63) is 29.6 Å². The highest BCUT2D eigenvalue weighted by Crippen LogP contribution is 2.25. The van der Waals surface area contributed by atoms with Gasteiger partial charge in [0.1, 0.15) is 0 Å². The van der Waals surface area contributed by atoms with E-state index in [9.17, 15) is 0 Å². The van der Waals surface area contributed by atoms with Gasteiger partial charge in [0, 0.05) is 51.1 Å². The summed E-state index contributed by atoms with van der Waals surface area (Å²) >= 11 is 0. The molecule has 0 aliphatic carbocycles. The molecule has 3 aliphatic rings. The monoisotopic (exact) mass is 317 g/mol. The SMILES string of the molecule is Cc1cccc(CN2C[C@@H]3OCCN(CC4CCCO4)[C@@H]3C2)n1. The second-order valence-electron chi connectivity index (χ2n) is 7.07. The third kappa shape index (κ3) is 3.58. The van der Waals surface area contributed by atoms with Crippen molar-refractivity contribution in [3.63, 3.8) is 0 Å². The molecule has 0 spiro atoms. The predicted molar refractivity (Wildman–Crippen MR) is 88.3 cm³/mol. The molecule has 3 aliphatic heterocycles. The molecule has 5 heteroatoms. The first-order valence-corrected chi connectivity index (χ1v) is 8.90. The number of likely N-dealkylation sites (tertiary alicyclic amines) is 1. The van der Waals surface area contributed by atoms with Gasteiger partial charge in [-0.15, -0.1) is 0 Å². The fourth-order valence-electron chi connectivity index (χ4n) is 4.16. The maximum Gasteiger partial charge on any atom is 0.0870 e. The van der Waals surface area contributed by atoms with Crippen LogP contribution >= 0.6 is 0 Å². The molecule has 0 N–H and O–H groups in total. The number of aryl methyl sites for hydroxylation is 1. The highest BCUT2D eigenvalue weighted by molar-refractivity contribution is 5.10. The van der Waals surface area contributed by atoms with Crippen molar-refractivity contribution in [1.82, 2.24) is 14.8 Å². The van der Waals surface area contributed by atoms with Gasteiger partial charge >= 0.3 is 0 Å². The first-order chi connectivity index (χ1) is 11.3. The molecule has 23 heavy (non-hydrogen) atoms. The quantitative estimate of drug-likeness (QED) is 0.840. The molecule has 3 atom stereocenters. The molecule has 1 aromatic heterocycles. The van der Waals surface area contributed by atoms with Gasteiger partial charge < -0.3 is 9.47 Å². The molecule has 4 heterocycles. The summed E-state index contributed by atoms with van der Waals surface area (Å²) in [5, 5.41) is 0. The molecule has 126 valence electrons. The Balaban J connectivity index is 1.38. The van der Waals surface area contributed by atoms with Crippen LogP contribution < -0.4 is 0 Å². The average Bonchev–Trinajstić information content (AvgIpc) is 3.17. The summed E-state index contributed by atoms with van der Waals surface area (Å²) in [4.78, 5) is 9.74. The fourth-order valence-corrected chi connectivity index (χ4v) is 4.16. The van der Waals surface area contributed by atoms with Crippen LogP contribution in [0.1, 0.15) is 24.2 Å². The third-order valence-electron chi connectivity index (χ3n) is 5.29. The van der Waals surface area contributed by atoms with Crippen LogP contribution in [-0.2, 0) is 16.0 Å². The lowest BCUT2D eigenvalue weighted by atomic mass is 10.1. The molecule has 5 nitrogen and oxygen atoms in total. The van der Waals surface area contributed by atoms with Crippen molar-refractivity contribution >= 4 is 0 Å². The lowest BCUT2D eigenvalue weighted by Crippen LogP contribution is -2.52. The first kappa shape index (κ1) is 15.5. The molecule has 4 rings (SSSR count). The zero-order chi connectivity index (χ0) is 15.6. The standard InChI is InChI=1S/C18H27N3O2/c1-14-4-2-5-15(19-14)10-20-12-17-18(13-20)23-9-7-21(17)11-16-6-3-8-22-16/h2,4-5,16-18H,3,6-13H2,1H3/t16?,17-,18+/m1/s1. The van der Waals surface area contributed by atoms with E-state index in [1.165, 1.54) is 12.8 Å². The van der Waals surface area contributed by atoms with Crippen LogP contribution in [0.4, 0.5) is 0 Å². The van der Waals surface area contributed by atoms with Crippen molar-refractivity contribution in [3.8, 4) is 0 Å². The summed E-state index contributed by atoms with van der Waals surface area (Å²) in [5.41, 5.74) is 2.25. The van der Waals surface area contributed by atoms with Crippen LogP contribution in [0.3, 0.4) is 0 Å². The number of rotatable bonds is 4. The molecule has 0 amide bonds. The highest BCUT2D eigenvalue weighted by atomic mass is 16.5. The van der Waals surface area contributed by atoms with E-state index in [0.29, 0.717) is 18.2 Å². The van der Waals surface area contributed by atoms with Gasteiger partial charge in [-0.2, -0.15) is 0 Å². The Morgan fingerprint density at radius 2 is 2.17 bits per heavy atom. The number of fused-ring (bicyclic) bond motifs is 1. The van der Waals surface area contributed by atoms with Crippen molar-refractivity contribution in [1.29, 1.82) is 0 Å². The lowest BCUT2D eigenvalue weighted by molar-refractivity contribution is -0.0615. The van der Waals surface area contributed by atoms with E-state index >= 15 is 0 Å². The normalized spacial score (nSPS) is 32.3. The summed E-state index contributed by atoms with van der Waals surface area (Å²) in [7, 11) is 0. The van der Waals surface area contributed by atoms with E-state index in [1.807, 2.05) is 0 Å². The minimum Gasteiger partial charge on any atom is -0.377 e. The number of pyridine rings is 1. The summed E-state index contributed by atoms with van der Waals surface area (Å²) in [6.07, 6.45) is 3.20. The van der Waals surface area contributed by atoms with Gasteiger partial charge in [-0.1, -0.05) is 6.07 Å².